The van der Waals surface area contributed by atoms with Crippen LogP contribution in [0.5, 0.6) is 11.5 Å². The fourth-order valence-electron chi connectivity index (χ4n) is 3.59. The van der Waals surface area contributed by atoms with Crippen molar-refractivity contribution in [2.45, 2.75) is 13.8 Å². The Kier molecular flexibility index (Phi) is 10.6. The molecule has 3 aromatic carbocycles. The van der Waals surface area contributed by atoms with Crippen molar-refractivity contribution in [2.75, 3.05) is 13.2 Å². The molecular weight excluding hydrogens is 560 g/mol. The maximum atomic E-state index is 9.75. The zero-order valence-corrected chi connectivity index (χ0v) is 22.8. The first-order valence-electron chi connectivity index (χ1n) is 12.0. The maximum absolute atomic E-state index is 9.75. The molecule has 9 heteroatoms. The monoisotopic (exact) mass is 589 g/mol. The van der Waals surface area contributed by atoms with E-state index in [1.165, 1.54) is 21.1 Å². The van der Waals surface area contributed by atoms with Crippen molar-refractivity contribution in [3.05, 3.63) is 101 Å². The van der Waals surface area contributed by atoms with Crippen LogP contribution in [0.4, 0.5) is 17.3 Å². The third-order valence-corrected chi connectivity index (χ3v) is 7.54. The van der Waals surface area contributed by atoms with Crippen LogP contribution < -0.4 is 15.2 Å². The first-order chi connectivity index (χ1) is 18.2. The van der Waals surface area contributed by atoms with Crippen molar-refractivity contribution in [2.24, 2.45) is 5.73 Å². The van der Waals surface area contributed by atoms with Crippen LogP contribution in [0.3, 0.4) is 0 Å². The maximum Gasteiger partial charge on any atom is 0.673 e. The SMILES string of the molecule is CCOc1ccc(C=C(N)c2cc(-c3ccccc3)cc(-c3ccccc3)[se+]2)cc1OCC.F[B-](F)(F)F. The van der Waals surface area contributed by atoms with Gasteiger partial charge in [0, 0.05) is 0 Å². The second-order valence-electron chi connectivity index (χ2n) is 7.97. The van der Waals surface area contributed by atoms with E-state index >= 15 is 0 Å². The third kappa shape index (κ3) is 9.08. The molecule has 0 atom stereocenters. The van der Waals surface area contributed by atoms with Crippen LogP contribution in [0.25, 0.3) is 32.9 Å². The Hall–Kier alpha value is -3.55. The van der Waals surface area contributed by atoms with Crippen molar-refractivity contribution in [3.8, 4) is 32.6 Å². The molecule has 0 unspecified atom stereocenters. The molecule has 4 rings (SSSR count). The van der Waals surface area contributed by atoms with Gasteiger partial charge in [-0.3, -0.25) is 0 Å². The normalized spacial score (nSPS) is 11.4. The molecule has 0 fully saturated rings. The molecule has 3 nitrogen and oxygen atoms in total. The van der Waals surface area contributed by atoms with Gasteiger partial charge >= 0.3 is 209 Å². The van der Waals surface area contributed by atoms with E-state index in [0.29, 0.717) is 13.2 Å². The summed E-state index contributed by atoms with van der Waals surface area (Å²) in [5.41, 5.74) is 12.0. The molecule has 0 saturated carbocycles. The largest absolute Gasteiger partial charge is 0.673 e. The Morgan fingerprint density at radius 2 is 1.29 bits per heavy atom. The van der Waals surface area contributed by atoms with Crippen molar-refractivity contribution in [1.29, 1.82) is 0 Å². The minimum Gasteiger partial charge on any atom is -0.418 e. The summed E-state index contributed by atoms with van der Waals surface area (Å²) in [4.78, 5) is 0. The van der Waals surface area contributed by atoms with Crippen molar-refractivity contribution in [1.82, 2.24) is 0 Å². The van der Waals surface area contributed by atoms with Gasteiger partial charge in [-0.05, 0) is 0 Å². The summed E-state index contributed by atoms with van der Waals surface area (Å²) >= 11 is 0.0915. The van der Waals surface area contributed by atoms with Gasteiger partial charge in [0.05, 0.1) is 0 Å². The van der Waals surface area contributed by atoms with E-state index in [2.05, 4.69) is 66.7 Å². The molecule has 4 aromatic rings. The molecule has 0 saturated heterocycles. The van der Waals surface area contributed by atoms with E-state index in [4.69, 9.17) is 15.2 Å². The molecule has 0 aliphatic rings. The zero-order chi connectivity index (χ0) is 27.5. The van der Waals surface area contributed by atoms with Gasteiger partial charge in [-0.15, -0.1) is 0 Å². The standard InChI is InChI=1S/C29H28NO2Se.BF4/c1-3-31-26-16-15-21(18-27(26)32-4-2)17-25(30)29-20-24(22-11-7-5-8-12-22)19-28(33-29)23-13-9-6-10-14-23;2-1(3,4)5/h5-20H,3-4,30H2,1-2H3;/q+1;-1. The minimum atomic E-state index is -6.00. The molecule has 0 aliphatic heterocycles. The average molecular weight is 588 g/mol. The first kappa shape index (κ1) is 29.0. The van der Waals surface area contributed by atoms with E-state index in [9.17, 15) is 17.3 Å². The minimum absolute atomic E-state index is 0.0915. The number of benzene rings is 3. The van der Waals surface area contributed by atoms with Crippen molar-refractivity contribution < 1.29 is 26.7 Å². The van der Waals surface area contributed by atoms with E-state index in [1.807, 2.05) is 44.2 Å². The Labute approximate surface area is 226 Å². The van der Waals surface area contributed by atoms with Crippen LogP contribution in [0.2, 0.25) is 0 Å². The number of hydrogen-bond acceptors (Lipinski definition) is 3. The average Bonchev–Trinajstić information content (AvgIpc) is 2.90. The number of halogens is 4. The Morgan fingerprint density at radius 3 is 1.87 bits per heavy atom. The van der Waals surface area contributed by atoms with Gasteiger partial charge in [0.25, 0.3) is 0 Å². The number of nitrogens with two attached hydrogens (primary N) is 1. The summed E-state index contributed by atoms with van der Waals surface area (Å²) in [6, 6.07) is 31.5. The second kappa shape index (κ2) is 13.8. The summed E-state index contributed by atoms with van der Waals surface area (Å²) in [6.45, 7) is 5.12. The van der Waals surface area contributed by atoms with Gasteiger partial charge < -0.3 is 17.3 Å². The second-order valence-corrected chi connectivity index (χ2v) is 10.2. The molecule has 1 heterocycles. The number of hydrogen-bond donors (Lipinski definition) is 1. The number of rotatable bonds is 8. The summed E-state index contributed by atoms with van der Waals surface area (Å²) < 4.78 is 53.0. The molecule has 38 heavy (non-hydrogen) atoms. The topological polar surface area (TPSA) is 44.5 Å². The fraction of sp³-hybridized carbons (Fsp3) is 0.138. The fourth-order valence-corrected chi connectivity index (χ4v) is 5.77. The quantitative estimate of drug-likeness (QED) is 0.168. The molecule has 198 valence electrons. The number of ether oxygens (including phenoxy) is 2. The van der Waals surface area contributed by atoms with Gasteiger partial charge in [-0.2, -0.15) is 0 Å². The van der Waals surface area contributed by atoms with E-state index in [0.717, 1.165) is 27.2 Å². The molecule has 2 N–H and O–H groups in total. The van der Waals surface area contributed by atoms with E-state index in [-0.39, 0.29) is 14.5 Å². The van der Waals surface area contributed by atoms with Gasteiger partial charge in [-0.25, -0.2) is 0 Å². The Morgan fingerprint density at radius 1 is 0.737 bits per heavy atom. The van der Waals surface area contributed by atoms with Crippen molar-refractivity contribution >= 4 is 33.5 Å². The van der Waals surface area contributed by atoms with Gasteiger partial charge in [-0.1, -0.05) is 0 Å². The van der Waals surface area contributed by atoms with Crippen LogP contribution in [-0.4, -0.2) is 35.0 Å². The van der Waals surface area contributed by atoms with Gasteiger partial charge in [0.2, 0.25) is 0 Å². The molecule has 0 radical (unpaired) electrons. The predicted octanol–water partition coefficient (Wildman–Crippen LogP) is 7.91. The van der Waals surface area contributed by atoms with E-state index in [1.54, 1.807) is 0 Å². The molecule has 0 aliphatic carbocycles. The Balaban J connectivity index is 0.000000732. The molecular formula is C29H28BF4NO2Se. The van der Waals surface area contributed by atoms with Crippen LogP contribution >= 0.6 is 0 Å². The molecule has 1 aromatic heterocycles. The molecule has 0 amide bonds. The predicted molar refractivity (Wildman–Crippen MR) is 150 cm³/mol. The van der Waals surface area contributed by atoms with Crippen LogP contribution in [0, 0.1) is 0 Å². The van der Waals surface area contributed by atoms with Crippen molar-refractivity contribution in [3.63, 3.8) is 0 Å². The molecule has 0 spiro atoms. The summed E-state index contributed by atoms with van der Waals surface area (Å²) in [5.74, 6) is 1.50. The summed E-state index contributed by atoms with van der Waals surface area (Å²) in [5, 5.41) is 0. The first-order valence-corrected chi connectivity index (χ1v) is 13.7. The van der Waals surface area contributed by atoms with Crippen LogP contribution in [0.1, 0.15) is 23.8 Å². The summed E-state index contributed by atoms with van der Waals surface area (Å²) in [6.07, 6.45) is 2.03. The third-order valence-electron chi connectivity index (χ3n) is 5.13. The van der Waals surface area contributed by atoms with Crippen LogP contribution in [-0.2, 0) is 0 Å². The summed E-state index contributed by atoms with van der Waals surface area (Å²) in [7, 11) is -6.00. The smallest absolute Gasteiger partial charge is 0.418 e. The van der Waals surface area contributed by atoms with Crippen LogP contribution in [0.15, 0.2) is 91.0 Å². The van der Waals surface area contributed by atoms with E-state index < -0.39 is 7.25 Å². The zero-order valence-electron chi connectivity index (χ0n) is 21.0. The van der Waals surface area contributed by atoms with Gasteiger partial charge in [0.1, 0.15) is 0 Å². The van der Waals surface area contributed by atoms with Gasteiger partial charge in [0.15, 0.2) is 0 Å². The molecule has 0 bridgehead atoms. The Bertz CT molecular complexity index is 1290.